The predicted molar refractivity (Wildman–Crippen MR) is 62.5 cm³/mol. The normalized spacial score (nSPS) is 10.1. The minimum atomic E-state index is -0.607. The Kier molecular flexibility index (Phi) is 3.10. The number of hydrogen-bond acceptors (Lipinski definition) is 8. The first-order valence-corrected chi connectivity index (χ1v) is 5.42. The van der Waals surface area contributed by atoms with Crippen molar-refractivity contribution in [2.24, 2.45) is 0 Å². The maximum absolute atomic E-state index is 10.8. The summed E-state index contributed by atoms with van der Waals surface area (Å²) in [6.07, 6.45) is 2.85. The lowest BCUT2D eigenvalue weighted by Crippen LogP contribution is -2.07. The summed E-state index contributed by atoms with van der Waals surface area (Å²) in [5.74, 6) is -0.0484. The molecule has 0 aromatic carbocycles. The van der Waals surface area contributed by atoms with E-state index in [-0.39, 0.29) is 17.3 Å². The molecule has 0 saturated heterocycles. The standard InChI is InChI=1S/C8H8N6O2S/c9-7-6(14(15)16)8(13-3-12-7)11-2-5-1-10-4-17-5/h1,3-4H,2H2,(H3,9,11,12,13). The number of anilines is 2. The molecule has 9 heteroatoms. The highest BCUT2D eigenvalue weighted by molar-refractivity contribution is 7.09. The van der Waals surface area contributed by atoms with Crippen molar-refractivity contribution in [1.29, 1.82) is 0 Å². The maximum atomic E-state index is 10.8. The Bertz CT molecular complexity index is 529. The first kappa shape index (κ1) is 11.2. The SMILES string of the molecule is Nc1ncnc(NCc2cncs2)c1[N+](=O)[O-]. The maximum Gasteiger partial charge on any atom is 0.352 e. The van der Waals surface area contributed by atoms with Gasteiger partial charge in [0.15, 0.2) is 0 Å². The van der Waals surface area contributed by atoms with Gasteiger partial charge in [0.1, 0.15) is 6.33 Å². The molecular formula is C8H8N6O2S. The predicted octanol–water partition coefficient (Wildman–Crippen LogP) is 1.04. The number of rotatable bonds is 4. The summed E-state index contributed by atoms with van der Waals surface area (Å²) in [5, 5.41) is 13.6. The van der Waals surface area contributed by atoms with Gasteiger partial charge < -0.3 is 11.1 Å². The van der Waals surface area contributed by atoms with Gasteiger partial charge in [0.05, 0.1) is 17.0 Å². The fraction of sp³-hybridized carbons (Fsp3) is 0.125. The van der Waals surface area contributed by atoms with Gasteiger partial charge in [-0.1, -0.05) is 0 Å². The van der Waals surface area contributed by atoms with Crippen LogP contribution in [0.3, 0.4) is 0 Å². The van der Waals surface area contributed by atoms with Crippen LogP contribution >= 0.6 is 11.3 Å². The summed E-state index contributed by atoms with van der Waals surface area (Å²) in [7, 11) is 0. The van der Waals surface area contributed by atoms with E-state index in [2.05, 4.69) is 20.3 Å². The molecule has 2 heterocycles. The molecule has 0 amide bonds. The van der Waals surface area contributed by atoms with Crippen molar-refractivity contribution in [2.45, 2.75) is 6.54 Å². The van der Waals surface area contributed by atoms with E-state index < -0.39 is 4.92 Å². The second kappa shape index (κ2) is 4.70. The second-order valence-electron chi connectivity index (χ2n) is 3.03. The highest BCUT2D eigenvalue weighted by Crippen LogP contribution is 2.26. The fourth-order valence-electron chi connectivity index (χ4n) is 1.20. The van der Waals surface area contributed by atoms with Gasteiger partial charge in [0.25, 0.3) is 0 Å². The zero-order valence-corrected chi connectivity index (χ0v) is 9.35. The molecular weight excluding hydrogens is 244 g/mol. The molecule has 0 bridgehead atoms. The van der Waals surface area contributed by atoms with E-state index in [1.807, 2.05) is 0 Å². The lowest BCUT2D eigenvalue weighted by Gasteiger charge is -2.04. The molecule has 0 aliphatic carbocycles. The van der Waals surface area contributed by atoms with Crippen molar-refractivity contribution in [3.63, 3.8) is 0 Å². The highest BCUT2D eigenvalue weighted by Gasteiger charge is 2.20. The Morgan fingerprint density at radius 1 is 1.53 bits per heavy atom. The molecule has 17 heavy (non-hydrogen) atoms. The van der Waals surface area contributed by atoms with Crippen LogP contribution < -0.4 is 11.1 Å². The van der Waals surface area contributed by atoms with Gasteiger partial charge in [-0.3, -0.25) is 15.1 Å². The minimum absolute atomic E-state index is 0.107. The van der Waals surface area contributed by atoms with Crippen molar-refractivity contribution < 1.29 is 4.92 Å². The van der Waals surface area contributed by atoms with Crippen LogP contribution in [0.1, 0.15) is 4.88 Å². The average molecular weight is 252 g/mol. The molecule has 0 fully saturated rings. The lowest BCUT2D eigenvalue weighted by molar-refractivity contribution is -0.383. The Labute approximate surface area is 99.7 Å². The monoisotopic (exact) mass is 252 g/mol. The second-order valence-corrected chi connectivity index (χ2v) is 4.01. The molecule has 88 valence electrons. The number of aromatic nitrogens is 3. The quantitative estimate of drug-likeness (QED) is 0.616. The third-order valence-electron chi connectivity index (χ3n) is 1.95. The molecule has 0 unspecified atom stereocenters. The summed E-state index contributed by atoms with van der Waals surface area (Å²) in [5.41, 5.74) is 6.80. The molecule has 0 spiro atoms. The van der Waals surface area contributed by atoms with E-state index in [1.165, 1.54) is 17.7 Å². The van der Waals surface area contributed by atoms with E-state index in [0.717, 1.165) is 4.88 Å². The fourth-order valence-corrected chi connectivity index (χ4v) is 1.74. The minimum Gasteiger partial charge on any atom is -0.378 e. The molecule has 2 aromatic heterocycles. The van der Waals surface area contributed by atoms with E-state index in [4.69, 9.17) is 5.73 Å². The number of nitrogens with two attached hydrogens (primary N) is 1. The zero-order valence-electron chi connectivity index (χ0n) is 8.53. The van der Waals surface area contributed by atoms with Gasteiger partial charge in [0.2, 0.25) is 11.6 Å². The van der Waals surface area contributed by atoms with Crippen molar-refractivity contribution in [3.05, 3.63) is 33.0 Å². The summed E-state index contributed by atoms with van der Waals surface area (Å²) in [6, 6.07) is 0. The van der Waals surface area contributed by atoms with Gasteiger partial charge in [-0.25, -0.2) is 9.97 Å². The van der Waals surface area contributed by atoms with Crippen LogP contribution in [-0.2, 0) is 6.54 Å². The molecule has 2 rings (SSSR count). The van der Waals surface area contributed by atoms with E-state index in [9.17, 15) is 10.1 Å². The summed E-state index contributed by atoms with van der Waals surface area (Å²) in [4.78, 5) is 22.4. The molecule has 0 aliphatic heterocycles. The Balaban J connectivity index is 2.21. The van der Waals surface area contributed by atoms with E-state index in [0.29, 0.717) is 6.54 Å². The zero-order chi connectivity index (χ0) is 12.3. The molecule has 3 N–H and O–H groups in total. The Morgan fingerprint density at radius 2 is 2.35 bits per heavy atom. The first-order chi connectivity index (χ1) is 8.18. The lowest BCUT2D eigenvalue weighted by atomic mass is 10.4. The molecule has 8 nitrogen and oxygen atoms in total. The third kappa shape index (κ3) is 2.45. The first-order valence-electron chi connectivity index (χ1n) is 4.54. The van der Waals surface area contributed by atoms with Gasteiger partial charge in [0, 0.05) is 11.1 Å². The number of hydrogen-bond donors (Lipinski definition) is 2. The number of nitrogen functional groups attached to an aromatic ring is 1. The van der Waals surface area contributed by atoms with E-state index in [1.54, 1.807) is 11.7 Å². The Hall–Kier alpha value is -2.29. The largest absolute Gasteiger partial charge is 0.378 e. The average Bonchev–Trinajstić information content (AvgIpc) is 2.78. The van der Waals surface area contributed by atoms with Crippen LogP contribution in [0.2, 0.25) is 0 Å². The van der Waals surface area contributed by atoms with Gasteiger partial charge >= 0.3 is 5.69 Å². The van der Waals surface area contributed by atoms with Crippen molar-refractivity contribution in [2.75, 3.05) is 11.1 Å². The van der Waals surface area contributed by atoms with Crippen molar-refractivity contribution in [3.8, 4) is 0 Å². The summed E-state index contributed by atoms with van der Waals surface area (Å²) >= 11 is 1.44. The molecule has 2 aromatic rings. The topological polar surface area (TPSA) is 120 Å². The van der Waals surface area contributed by atoms with Gasteiger partial charge in [-0.2, -0.15) is 0 Å². The molecule has 0 radical (unpaired) electrons. The number of nitrogens with one attached hydrogen (secondary N) is 1. The van der Waals surface area contributed by atoms with Crippen molar-refractivity contribution >= 4 is 28.7 Å². The van der Waals surface area contributed by atoms with Crippen molar-refractivity contribution in [1.82, 2.24) is 15.0 Å². The number of thiazole rings is 1. The third-order valence-corrected chi connectivity index (χ3v) is 2.73. The smallest absolute Gasteiger partial charge is 0.352 e. The molecule has 0 aliphatic rings. The summed E-state index contributed by atoms with van der Waals surface area (Å²) < 4.78 is 0. The van der Waals surface area contributed by atoms with Crippen LogP contribution in [-0.4, -0.2) is 19.9 Å². The van der Waals surface area contributed by atoms with Crippen LogP contribution in [0.15, 0.2) is 18.0 Å². The van der Waals surface area contributed by atoms with Gasteiger partial charge in [-0.15, -0.1) is 11.3 Å². The van der Waals surface area contributed by atoms with Crippen LogP contribution in [0, 0.1) is 10.1 Å². The van der Waals surface area contributed by atoms with Gasteiger partial charge in [-0.05, 0) is 0 Å². The van der Waals surface area contributed by atoms with Crippen LogP contribution in [0.5, 0.6) is 0 Å². The Morgan fingerprint density at radius 3 is 3.00 bits per heavy atom. The molecule has 0 atom stereocenters. The molecule has 0 saturated carbocycles. The summed E-state index contributed by atoms with van der Waals surface area (Å²) in [6.45, 7) is 0.405. The number of nitrogens with zero attached hydrogens (tertiary/aromatic N) is 4. The van der Waals surface area contributed by atoms with Crippen LogP contribution in [0.25, 0.3) is 0 Å². The number of nitro groups is 1. The highest BCUT2D eigenvalue weighted by atomic mass is 32.1. The van der Waals surface area contributed by atoms with Crippen LogP contribution in [0.4, 0.5) is 17.3 Å². The van der Waals surface area contributed by atoms with E-state index >= 15 is 0 Å².